The highest BCUT2D eigenvalue weighted by molar-refractivity contribution is 5.82. The van der Waals surface area contributed by atoms with E-state index in [2.05, 4.69) is 5.32 Å². The topological polar surface area (TPSA) is 91.4 Å². The number of carbonyl (C=O) groups is 1. The minimum Gasteiger partial charge on any atom is -0.492 e. The second-order valence-corrected chi connectivity index (χ2v) is 7.26. The zero-order chi connectivity index (χ0) is 19.3. The lowest BCUT2D eigenvalue weighted by molar-refractivity contribution is 0.0526. The Morgan fingerprint density at radius 2 is 2.12 bits per heavy atom. The zero-order valence-corrected chi connectivity index (χ0v) is 16.3. The lowest BCUT2D eigenvalue weighted by Gasteiger charge is -2.19. The highest BCUT2D eigenvalue weighted by atomic mass is 16.6. The molecule has 1 atom stereocenters. The number of aromatic nitrogens is 2. The molecule has 7 heteroatoms. The molecule has 0 fully saturated rings. The summed E-state index contributed by atoms with van der Waals surface area (Å²) in [5, 5.41) is 2.75. The Morgan fingerprint density at radius 1 is 1.38 bits per heavy atom. The minimum absolute atomic E-state index is 0.220. The van der Waals surface area contributed by atoms with E-state index in [-0.39, 0.29) is 6.04 Å². The number of fused-ring (bicyclic) bond motifs is 1. The van der Waals surface area contributed by atoms with Crippen molar-refractivity contribution in [2.45, 2.75) is 52.2 Å². The van der Waals surface area contributed by atoms with Gasteiger partial charge in [0.2, 0.25) is 0 Å². The monoisotopic (exact) mass is 362 g/mol. The Hall–Kier alpha value is -2.28. The Balaban J connectivity index is 1.95. The van der Waals surface area contributed by atoms with Crippen molar-refractivity contribution in [2.75, 3.05) is 13.2 Å². The van der Waals surface area contributed by atoms with Gasteiger partial charge in [-0.2, -0.15) is 0 Å². The van der Waals surface area contributed by atoms with Crippen LogP contribution in [0.25, 0.3) is 11.0 Å². The maximum absolute atomic E-state index is 11.6. The molecule has 2 rings (SSSR count). The van der Waals surface area contributed by atoms with E-state index in [1.54, 1.807) is 0 Å². The highest BCUT2D eigenvalue weighted by Gasteiger charge is 2.18. The molecule has 1 unspecified atom stereocenters. The summed E-state index contributed by atoms with van der Waals surface area (Å²) in [7, 11) is 1.96. The molecule has 0 bridgehead atoms. The molecule has 2 aromatic rings. The summed E-state index contributed by atoms with van der Waals surface area (Å²) >= 11 is 0. The molecule has 0 aliphatic rings. The molecule has 144 valence electrons. The predicted octanol–water partition coefficient (Wildman–Crippen LogP) is 3.28. The van der Waals surface area contributed by atoms with Gasteiger partial charge in [-0.3, -0.25) is 0 Å². The summed E-state index contributed by atoms with van der Waals surface area (Å²) in [6.45, 7) is 8.57. The molecule has 26 heavy (non-hydrogen) atoms. The van der Waals surface area contributed by atoms with Gasteiger partial charge in [-0.05, 0) is 52.7 Å². The van der Waals surface area contributed by atoms with Crippen molar-refractivity contribution in [1.82, 2.24) is 14.9 Å². The number of amides is 1. The van der Waals surface area contributed by atoms with E-state index in [1.165, 1.54) is 0 Å². The maximum Gasteiger partial charge on any atom is 0.407 e. The van der Waals surface area contributed by atoms with E-state index < -0.39 is 11.7 Å². The number of rotatable bonds is 7. The first-order chi connectivity index (χ1) is 12.2. The van der Waals surface area contributed by atoms with Crippen LogP contribution in [0.15, 0.2) is 18.2 Å². The zero-order valence-electron chi connectivity index (χ0n) is 16.3. The van der Waals surface area contributed by atoms with E-state index in [1.807, 2.05) is 57.5 Å². The van der Waals surface area contributed by atoms with Gasteiger partial charge >= 0.3 is 6.09 Å². The van der Waals surface area contributed by atoms with Crippen molar-refractivity contribution in [1.29, 1.82) is 0 Å². The first-order valence-corrected chi connectivity index (χ1v) is 9.03. The maximum atomic E-state index is 11.6. The summed E-state index contributed by atoms with van der Waals surface area (Å²) in [6, 6.07) is 5.65. The van der Waals surface area contributed by atoms with Crippen LogP contribution in [0, 0.1) is 0 Å². The minimum atomic E-state index is -0.494. The molecule has 0 saturated heterocycles. The summed E-state index contributed by atoms with van der Waals surface area (Å²) in [6.07, 6.45) is 1.04. The molecular formula is C19H30N4O3. The number of nitrogens with two attached hydrogens (primary N) is 1. The van der Waals surface area contributed by atoms with Crippen LogP contribution in [-0.2, 0) is 11.8 Å². The summed E-state index contributed by atoms with van der Waals surface area (Å²) in [5.74, 6) is 1.58. The third-order valence-corrected chi connectivity index (χ3v) is 3.90. The van der Waals surface area contributed by atoms with Crippen LogP contribution in [0.5, 0.6) is 5.75 Å². The van der Waals surface area contributed by atoms with E-state index in [4.69, 9.17) is 20.2 Å². The molecule has 7 nitrogen and oxygen atoms in total. The van der Waals surface area contributed by atoms with Crippen LogP contribution in [0.1, 0.15) is 52.4 Å². The molecular weight excluding hydrogens is 332 g/mol. The van der Waals surface area contributed by atoms with Crippen LogP contribution >= 0.6 is 0 Å². The van der Waals surface area contributed by atoms with Crippen LogP contribution in [-0.4, -0.2) is 34.4 Å². The molecule has 1 amide bonds. The number of carbonyl (C=O) groups excluding carboxylic acids is 1. The number of nitrogens with zero attached hydrogens (tertiary/aromatic N) is 2. The fraction of sp³-hybridized carbons (Fsp3) is 0.579. The van der Waals surface area contributed by atoms with Gasteiger partial charge < -0.3 is 25.1 Å². The second kappa shape index (κ2) is 8.40. The molecule has 0 saturated carbocycles. The average Bonchev–Trinajstić information content (AvgIpc) is 2.88. The Kier molecular flexibility index (Phi) is 6.47. The fourth-order valence-corrected chi connectivity index (χ4v) is 2.77. The number of imidazole rings is 1. The third kappa shape index (κ3) is 5.11. The molecule has 0 radical (unpaired) electrons. The van der Waals surface area contributed by atoms with Crippen LogP contribution < -0.4 is 15.8 Å². The first kappa shape index (κ1) is 20.0. The molecule has 0 aliphatic heterocycles. The van der Waals surface area contributed by atoms with Gasteiger partial charge in [-0.15, -0.1) is 0 Å². The molecule has 0 spiro atoms. The van der Waals surface area contributed by atoms with Gasteiger partial charge in [0.25, 0.3) is 0 Å². The van der Waals surface area contributed by atoms with E-state index in [0.717, 1.165) is 29.0 Å². The van der Waals surface area contributed by atoms with E-state index in [9.17, 15) is 4.79 Å². The van der Waals surface area contributed by atoms with Gasteiger partial charge in [0.1, 0.15) is 22.7 Å². The van der Waals surface area contributed by atoms with Crippen LogP contribution in [0.2, 0.25) is 0 Å². The fourth-order valence-electron chi connectivity index (χ4n) is 2.77. The number of benzene rings is 1. The van der Waals surface area contributed by atoms with Gasteiger partial charge in [-0.1, -0.05) is 6.07 Å². The van der Waals surface area contributed by atoms with Gasteiger partial charge in [0.15, 0.2) is 0 Å². The van der Waals surface area contributed by atoms with Crippen molar-refractivity contribution in [3.8, 4) is 5.75 Å². The Labute approximate surface area is 154 Å². The van der Waals surface area contributed by atoms with Gasteiger partial charge in [-0.25, -0.2) is 9.78 Å². The lowest BCUT2D eigenvalue weighted by Crippen LogP contribution is -2.33. The quantitative estimate of drug-likeness (QED) is 0.738. The number of alkyl carbamates (subject to hydrolysis) is 1. The van der Waals surface area contributed by atoms with Crippen molar-refractivity contribution >= 4 is 17.1 Å². The smallest absolute Gasteiger partial charge is 0.407 e. The summed E-state index contributed by atoms with van der Waals surface area (Å²) in [4.78, 5) is 16.3. The van der Waals surface area contributed by atoms with Crippen LogP contribution in [0.4, 0.5) is 4.79 Å². The largest absolute Gasteiger partial charge is 0.492 e. The van der Waals surface area contributed by atoms with Crippen molar-refractivity contribution in [3.05, 3.63) is 24.0 Å². The van der Waals surface area contributed by atoms with Crippen LogP contribution in [0.3, 0.4) is 0 Å². The number of para-hydroxylation sites is 1. The Morgan fingerprint density at radius 3 is 2.77 bits per heavy atom. The van der Waals surface area contributed by atoms with E-state index >= 15 is 0 Å². The number of hydrogen-bond donors (Lipinski definition) is 2. The third-order valence-electron chi connectivity index (χ3n) is 3.90. The van der Waals surface area contributed by atoms with Gasteiger partial charge in [0.05, 0.1) is 18.2 Å². The lowest BCUT2D eigenvalue weighted by atomic mass is 10.1. The Bertz CT molecular complexity index is 749. The normalized spacial score (nSPS) is 12.8. The molecule has 1 aromatic carbocycles. The number of ether oxygens (including phenoxy) is 2. The van der Waals surface area contributed by atoms with Crippen molar-refractivity contribution in [3.63, 3.8) is 0 Å². The first-order valence-electron chi connectivity index (χ1n) is 9.03. The molecule has 1 aromatic heterocycles. The molecule has 1 heterocycles. The number of hydrogen-bond acceptors (Lipinski definition) is 5. The highest BCUT2D eigenvalue weighted by Crippen LogP contribution is 2.28. The summed E-state index contributed by atoms with van der Waals surface area (Å²) < 4.78 is 12.9. The predicted molar refractivity (Wildman–Crippen MR) is 102 cm³/mol. The summed E-state index contributed by atoms with van der Waals surface area (Å²) in [5.41, 5.74) is 7.66. The number of aryl methyl sites for hydroxylation is 1. The molecule has 0 aliphatic carbocycles. The standard InChI is InChI=1S/C19H30N4O3/c1-6-25-15-11-7-10-14-16(15)22-17(23(14)5)13(20)9-8-12-21-18(24)26-19(2,3)4/h7,10-11,13H,6,8-9,12,20H2,1-5H3,(H,21,24). The second-order valence-electron chi connectivity index (χ2n) is 7.26. The average molecular weight is 362 g/mol. The van der Waals surface area contributed by atoms with E-state index in [0.29, 0.717) is 19.6 Å². The molecule has 3 N–H and O–H groups in total. The van der Waals surface area contributed by atoms with Crippen molar-refractivity contribution in [2.24, 2.45) is 12.8 Å². The SMILES string of the molecule is CCOc1cccc2c1nc(C(N)CCCNC(=O)OC(C)(C)C)n2C. The number of nitrogens with one attached hydrogen (secondary N) is 1. The van der Waals surface area contributed by atoms with Crippen molar-refractivity contribution < 1.29 is 14.3 Å². The van der Waals surface area contributed by atoms with Gasteiger partial charge in [0, 0.05) is 13.6 Å².